The van der Waals surface area contributed by atoms with Crippen LogP contribution in [0, 0.1) is 13.8 Å². The molecule has 0 saturated carbocycles. The third kappa shape index (κ3) is 4.25. The smallest absolute Gasteiger partial charge is 0.195 e. The number of guanidine groups is 1. The van der Waals surface area contributed by atoms with E-state index >= 15 is 0 Å². The fourth-order valence-corrected chi connectivity index (χ4v) is 3.48. The molecule has 0 aliphatic carbocycles. The van der Waals surface area contributed by atoms with E-state index in [9.17, 15) is 0 Å². The molecule has 7 nitrogen and oxygen atoms in total. The highest BCUT2D eigenvalue weighted by molar-refractivity contribution is 5.93. The van der Waals surface area contributed by atoms with Gasteiger partial charge in [-0.2, -0.15) is 5.10 Å². The van der Waals surface area contributed by atoms with Gasteiger partial charge in [-0.3, -0.25) is 4.99 Å². The maximum Gasteiger partial charge on any atom is 0.195 e. The van der Waals surface area contributed by atoms with Crippen LogP contribution >= 0.6 is 0 Å². The molecule has 1 aliphatic heterocycles. The van der Waals surface area contributed by atoms with E-state index in [2.05, 4.69) is 34.7 Å². The zero-order valence-corrected chi connectivity index (χ0v) is 17.6. The van der Waals surface area contributed by atoms with Gasteiger partial charge in [0.05, 0.1) is 24.6 Å². The number of aromatic nitrogens is 2. The Morgan fingerprint density at radius 3 is 2.60 bits per heavy atom. The van der Waals surface area contributed by atoms with Crippen molar-refractivity contribution in [2.24, 2.45) is 4.99 Å². The van der Waals surface area contributed by atoms with E-state index in [0.717, 1.165) is 46.2 Å². The molecule has 0 fully saturated rings. The summed E-state index contributed by atoms with van der Waals surface area (Å²) in [5.41, 5.74) is 5.20. The lowest BCUT2D eigenvalue weighted by Crippen LogP contribution is -2.30. The fraction of sp³-hybridized carbons (Fsp3) is 0.304. The summed E-state index contributed by atoms with van der Waals surface area (Å²) >= 11 is 0. The zero-order valence-electron chi connectivity index (χ0n) is 17.6. The number of fused-ring (bicyclic) bond motifs is 1. The minimum Gasteiger partial charge on any atom is -0.490 e. The number of benzene rings is 2. The number of aliphatic imine (C=N–C) groups is 1. The monoisotopic (exact) mass is 405 g/mol. The van der Waals surface area contributed by atoms with Crippen molar-refractivity contribution in [2.45, 2.75) is 26.8 Å². The largest absolute Gasteiger partial charge is 0.490 e. The third-order valence-corrected chi connectivity index (χ3v) is 5.11. The van der Waals surface area contributed by atoms with E-state index in [1.165, 1.54) is 0 Å². The van der Waals surface area contributed by atoms with Gasteiger partial charge in [0, 0.05) is 43.0 Å². The van der Waals surface area contributed by atoms with Crippen molar-refractivity contribution < 1.29 is 9.47 Å². The van der Waals surface area contributed by atoms with Gasteiger partial charge in [0.25, 0.3) is 0 Å². The molecular formula is C23H27N5O2. The van der Waals surface area contributed by atoms with Crippen molar-refractivity contribution in [3.63, 3.8) is 0 Å². The summed E-state index contributed by atoms with van der Waals surface area (Å²) in [4.78, 5) is 4.35. The van der Waals surface area contributed by atoms with E-state index < -0.39 is 0 Å². The highest BCUT2D eigenvalue weighted by Crippen LogP contribution is 2.32. The molecule has 0 bridgehead atoms. The molecule has 0 radical (unpaired) electrons. The molecule has 2 N–H and O–H groups in total. The first kappa shape index (κ1) is 19.8. The topological polar surface area (TPSA) is 72.7 Å². The normalized spacial score (nSPS) is 13.6. The summed E-state index contributed by atoms with van der Waals surface area (Å²) in [6.07, 6.45) is 0.885. The first-order valence-electron chi connectivity index (χ1n) is 10.1. The molecule has 2 heterocycles. The number of para-hydroxylation sites is 1. The van der Waals surface area contributed by atoms with Gasteiger partial charge in [0.2, 0.25) is 0 Å². The SMILES string of the molecule is CN=C(NCc1c(C)nn(-c2ccccc2)c1C)Nc1ccc2c(c1)OCCCO2. The maximum atomic E-state index is 5.77. The molecule has 3 aromatic rings. The van der Waals surface area contributed by atoms with E-state index in [0.29, 0.717) is 25.7 Å². The van der Waals surface area contributed by atoms with Crippen LogP contribution in [0.4, 0.5) is 5.69 Å². The molecule has 4 rings (SSSR count). The van der Waals surface area contributed by atoms with Crippen LogP contribution in [-0.4, -0.2) is 36.0 Å². The van der Waals surface area contributed by atoms with Crippen LogP contribution in [0.3, 0.4) is 0 Å². The van der Waals surface area contributed by atoms with Crippen molar-refractivity contribution in [3.8, 4) is 17.2 Å². The van der Waals surface area contributed by atoms with Crippen molar-refractivity contribution >= 4 is 11.6 Å². The van der Waals surface area contributed by atoms with Crippen LogP contribution in [-0.2, 0) is 6.54 Å². The summed E-state index contributed by atoms with van der Waals surface area (Å²) < 4.78 is 13.4. The van der Waals surface area contributed by atoms with Crippen molar-refractivity contribution in [2.75, 3.05) is 25.6 Å². The van der Waals surface area contributed by atoms with Crippen LogP contribution < -0.4 is 20.1 Å². The second-order valence-electron chi connectivity index (χ2n) is 7.16. The molecule has 2 aromatic carbocycles. The van der Waals surface area contributed by atoms with Crippen molar-refractivity contribution in [3.05, 3.63) is 65.5 Å². The van der Waals surface area contributed by atoms with Crippen LogP contribution in [0.5, 0.6) is 11.5 Å². The summed E-state index contributed by atoms with van der Waals surface area (Å²) in [6, 6.07) is 16.0. The van der Waals surface area contributed by atoms with Crippen LogP contribution in [0.1, 0.15) is 23.4 Å². The first-order chi connectivity index (χ1) is 14.7. The number of nitrogens with zero attached hydrogens (tertiary/aromatic N) is 3. The number of hydrogen-bond acceptors (Lipinski definition) is 4. The van der Waals surface area contributed by atoms with E-state index in [1.807, 2.05) is 48.0 Å². The Morgan fingerprint density at radius 1 is 1.07 bits per heavy atom. The summed E-state index contributed by atoms with van der Waals surface area (Å²) in [5, 5.41) is 11.4. The summed E-state index contributed by atoms with van der Waals surface area (Å²) in [5.74, 6) is 2.21. The number of nitrogens with one attached hydrogen (secondary N) is 2. The lowest BCUT2D eigenvalue weighted by atomic mass is 10.2. The quantitative estimate of drug-likeness (QED) is 0.510. The van der Waals surface area contributed by atoms with Gasteiger partial charge in [-0.1, -0.05) is 18.2 Å². The Hall–Kier alpha value is -3.48. The average molecular weight is 406 g/mol. The van der Waals surface area contributed by atoms with Gasteiger partial charge in [-0.15, -0.1) is 0 Å². The van der Waals surface area contributed by atoms with Gasteiger partial charge in [0.1, 0.15) is 0 Å². The predicted molar refractivity (Wildman–Crippen MR) is 119 cm³/mol. The zero-order chi connectivity index (χ0) is 20.9. The molecule has 30 heavy (non-hydrogen) atoms. The van der Waals surface area contributed by atoms with E-state index in [-0.39, 0.29) is 0 Å². The molecule has 1 aliphatic rings. The number of anilines is 1. The minimum absolute atomic E-state index is 0.620. The van der Waals surface area contributed by atoms with Gasteiger partial charge < -0.3 is 20.1 Å². The molecular weight excluding hydrogens is 378 g/mol. The Bertz CT molecular complexity index is 1040. The van der Waals surface area contributed by atoms with E-state index in [4.69, 9.17) is 14.6 Å². The van der Waals surface area contributed by atoms with Crippen LogP contribution in [0.15, 0.2) is 53.5 Å². The van der Waals surface area contributed by atoms with Crippen molar-refractivity contribution in [1.82, 2.24) is 15.1 Å². The summed E-state index contributed by atoms with van der Waals surface area (Å²) in [6.45, 7) is 6.08. The minimum atomic E-state index is 0.620. The second kappa shape index (κ2) is 8.90. The van der Waals surface area contributed by atoms with Gasteiger partial charge in [-0.25, -0.2) is 4.68 Å². The summed E-state index contributed by atoms with van der Waals surface area (Å²) in [7, 11) is 1.76. The van der Waals surface area contributed by atoms with Crippen LogP contribution in [0.25, 0.3) is 5.69 Å². The number of ether oxygens (including phenoxy) is 2. The van der Waals surface area contributed by atoms with E-state index in [1.54, 1.807) is 7.05 Å². The molecule has 0 amide bonds. The Balaban J connectivity index is 1.46. The molecule has 0 unspecified atom stereocenters. The fourth-order valence-electron chi connectivity index (χ4n) is 3.48. The Kier molecular flexibility index (Phi) is 5.88. The highest BCUT2D eigenvalue weighted by atomic mass is 16.5. The lowest BCUT2D eigenvalue weighted by molar-refractivity contribution is 0.297. The lowest BCUT2D eigenvalue weighted by Gasteiger charge is -2.14. The number of rotatable bonds is 4. The van der Waals surface area contributed by atoms with Gasteiger partial charge in [0.15, 0.2) is 17.5 Å². The van der Waals surface area contributed by atoms with Gasteiger partial charge >= 0.3 is 0 Å². The predicted octanol–water partition coefficient (Wildman–Crippen LogP) is 3.84. The number of aryl methyl sites for hydroxylation is 1. The second-order valence-corrected chi connectivity index (χ2v) is 7.16. The molecule has 0 spiro atoms. The Labute approximate surface area is 176 Å². The number of hydrogen-bond donors (Lipinski definition) is 2. The molecule has 1 aromatic heterocycles. The maximum absolute atomic E-state index is 5.77. The first-order valence-corrected chi connectivity index (χ1v) is 10.1. The van der Waals surface area contributed by atoms with Gasteiger partial charge in [-0.05, 0) is 38.1 Å². The Morgan fingerprint density at radius 2 is 1.83 bits per heavy atom. The van der Waals surface area contributed by atoms with Crippen LogP contribution in [0.2, 0.25) is 0 Å². The van der Waals surface area contributed by atoms with Crippen molar-refractivity contribution in [1.29, 1.82) is 0 Å². The molecule has 0 saturated heterocycles. The highest BCUT2D eigenvalue weighted by Gasteiger charge is 2.14. The third-order valence-electron chi connectivity index (χ3n) is 5.11. The average Bonchev–Trinajstić information content (AvgIpc) is 2.93. The molecule has 156 valence electrons. The standard InChI is InChI=1S/C23H27N5O2/c1-16-20(17(2)28(27-16)19-8-5-4-6-9-19)15-25-23(24-3)26-18-10-11-21-22(14-18)30-13-7-12-29-21/h4-6,8-11,14H,7,12-13,15H2,1-3H3,(H2,24,25,26). The molecule has 7 heteroatoms. The molecule has 0 atom stereocenters.